The molecule has 0 aliphatic rings. The van der Waals surface area contributed by atoms with Crippen LogP contribution in [0.1, 0.15) is 24.1 Å². The van der Waals surface area contributed by atoms with Gasteiger partial charge < -0.3 is 5.32 Å². The molecule has 0 aliphatic heterocycles. The van der Waals surface area contributed by atoms with Gasteiger partial charge in [0.25, 0.3) is 0 Å². The molecule has 0 aliphatic carbocycles. The lowest BCUT2D eigenvalue weighted by molar-refractivity contribution is -0.141. The average molecular weight is 329 g/mol. The van der Waals surface area contributed by atoms with Gasteiger partial charge in [-0.3, -0.25) is 10.00 Å². The normalized spacial score (nSPS) is 11.3. The van der Waals surface area contributed by atoms with E-state index in [9.17, 15) is 18.0 Å². The summed E-state index contributed by atoms with van der Waals surface area (Å²) in [5, 5.41) is 12.2. The molecular weight excluding hydrogens is 315 g/mol. The van der Waals surface area contributed by atoms with E-state index in [-0.39, 0.29) is 23.9 Å². The largest absolute Gasteiger partial charge is 0.433 e. The number of amides is 2. The number of hydrogen-bond donors (Lipinski definition) is 2. The maximum absolute atomic E-state index is 12.7. The number of aryl methyl sites for hydroxylation is 2. The molecule has 124 valence electrons. The van der Waals surface area contributed by atoms with E-state index >= 15 is 0 Å². The second kappa shape index (κ2) is 6.58. The van der Waals surface area contributed by atoms with Gasteiger partial charge in [0.2, 0.25) is 0 Å². The molecule has 8 nitrogen and oxygen atoms in total. The van der Waals surface area contributed by atoms with Crippen molar-refractivity contribution in [2.45, 2.75) is 33.1 Å². The molecule has 0 unspecified atom stereocenters. The molecule has 2 rings (SSSR count). The van der Waals surface area contributed by atoms with Crippen LogP contribution < -0.4 is 10.6 Å². The van der Waals surface area contributed by atoms with Crippen LogP contribution in [0.25, 0.3) is 0 Å². The predicted octanol–water partition coefficient (Wildman–Crippen LogP) is 1.74. The van der Waals surface area contributed by atoms with Gasteiger partial charge in [0.15, 0.2) is 5.82 Å². The number of urea groups is 1. The highest BCUT2D eigenvalue weighted by atomic mass is 19.4. The first-order valence-electron chi connectivity index (χ1n) is 6.64. The molecule has 11 heteroatoms. The molecule has 0 radical (unpaired) electrons. The van der Waals surface area contributed by atoms with E-state index in [2.05, 4.69) is 30.9 Å². The van der Waals surface area contributed by atoms with Crippen LogP contribution in [-0.2, 0) is 19.3 Å². The zero-order chi connectivity index (χ0) is 17.0. The third-order valence-corrected chi connectivity index (χ3v) is 2.70. The van der Waals surface area contributed by atoms with Gasteiger partial charge in [-0.25, -0.2) is 14.8 Å². The fourth-order valence-electron chi connectivity index (χ4n) is 1.68. The Morgan fingerprint density at radius 2 is 2.09 bits per heavy atom. The standard InChI is InChI=1S/C12H14F3N7O/c1-3-22-6-10(20-21-22)19-11(23)16-5-9-17-7(2)4-8(18-9)12(13,14)15/h4,6H,3,5H2,1-2H3,(H2,16,19,23). The number of carbonyl (C=O) groups is 1. The van der Waals surface area contributed by atoms with Crippen molar-refractivity contribution >= 4 is 11.8 Å². The van der Waals surface area contributed by atoms with Crippen LogP contribution in [-0.4, -0.2) is 31.0 Å². The second-order valence-electron chi connectivity index (χ2n) is 4.58. The molecule has 0 saturated heterocycles. The molecule has 2 aromatic heterocycles. The minimum absolute atomic E-state index is 0.135. The Morgan fingerprint density at radius 3 is 2.70 bits per heavy atom. The lowest BCUT2D eigenvalue weighted by Crippen LogP contribution is -2.29. The summed E-state index contributed by atoms with van der Waals surface area (Å²) in [7, 11) is 0. The van der Waals surface area contributed by atoms with Crippen LogP contribution in [0.3, 0.4) is 0 Å². The SMILES string of the molecule is CCn1cc(NC(=O)NCc2nc(C)cc(C(F)(F)F)n2)nn1. The molecule has 0 spiro atoms. The van der Waals surface area contributed by atoms with Gasteiger partial charge in [-0.1, -0.05) is 5.21 Å². The predicted molar refractivity (Wildman–Crippen MR) is 73.3 cm³/mol. The Balaban J connectivity index is 1.97. The van der Waals surface area contributed by atoms with E-state index in [1.165, 1.54) is 17.8 Å². The Bertz CT molecular complexity index is 698. The van der Waals surface area contributed by atoms with Crippen LogP contribution in [0.4, 0.5) is 23.8 Å². The van der Waals surface area contributed by atoms with Crippen molar-refractivity contribution in [1.82, 2.24) is 30.3 Å². The first kappa shape index (κ1) is 16.6. The van der Waals surface area contributed by atoms with Crippen molar-refractivity contribution < 1.29 is 18.0 Å². The number of alkyl halides is 3. The van der Waals surface area contributed by atoms with Crippen molar-refractivity contribution in [3.05, 3.63) is 29.5 Å². The van der Waals surface area contributed by atoms with Gasteiger partial charge >= 0.3 is 12.2 Å². The summed E-state index contributed by atoms with van der Waals surface area (Å²) >= 11 is 0. The highest BCUT2D eigenvalue weighted by molar-refractivity contribution is 5.87. The van der Waals surface area contributed by atoms with Crippen LogP contribution in [0.2, 0.25) is 0 Å². The van der Waals surface area contributed by atoms with E-state index in [0.717, 1.165) is 6.07 Å². The number of nitrogens with zero attached hydrogens (tertiary/aromatic N) is 5. The van der Waals surface area contributed by atoms with Crippen LogP contribution in [0.15, 0.2) is 12.3 Å². The molecule has 23 heavy (non-hydrogen) atoms. The minimum atomic E-state index is -4.57. The van der Waals surface area contributed by atoms with Gasteiger partial charge in [0, 0.05) is 12.2 Å². The second-order valence-corrected chi connectivity index (χ2v) is 4.58. The first-order valence-corrected chi connectivity index (χ1v) is 6.64. The summed E-state index contributed by atoms with van der Waals surface area (Å²) in [6.45, 7) is 3.61. The Morgan fingerprint density at radius 1 is 1.35 bits per heavy atom. The monoisotopic (exact) mass is 329 g/mol. The Hall–Kier alpha value is -2.72. The number of anilines is 1. The maximum atomic E-state index is 12.7. The van der Waals surface area contributed by atoms with Gasteiger partial charge in [0.1, 0.15) is 11.5 Å². The molecule has 2 N–H and O–H groups in total. The molecule has 2 aromatic rings. The first-order chi connectivity index (χ1) is 10.8. The fraction of sp³-hybridized carbons (Fsp3) is 0.417. The Kier molecular flexibility index (Phi) is 4.77. The number of halogens is 3. The quantitative estimate of drug-likeness (QED) is 0.890. The lowest BCUT2D eigenvalue weighted by atomic mass is 10.3. The molecule has 0 aromatic carbocycles. The molecule has 0 saturated carbocycles. The van der Waals surface area contributed by atoms with Gasteiger partial charge in [0.05, 0.1) is 12.7 Å². The topological polar surface area (TPSA) is 97.6 Å². The molecular formula is C12H14F3N7O. The molecule has 0 fully saturated rings. The van der Waals surface area contributed by atoms with Crippen molar-refractivity contribution in [3.8, 4) is 0 Å². The summed E-state index contributed by atoms with van der Waals surface area (Å²) < 4.78 is 39.5. The molecule has 0 atom stereocenters. The third kappa shape index (κ3) is 4.63. The number of rotatable bonds is 4. The minimum Gasteiger partial charge on any atom is -0.331 e. The van der Waals surface area contributed by atoms with Crippen molar-refractivity contribution in [2.75, 3.05) is 5.32 Å². The number of aromatic nitrogens is 5. The Labute approximate surface area is 129 Å². The zero-order valence-corrected chi connectivity index (χ0v) is 12.3. The summed E-state index contributed by atoms with van der Waals surface area (Å²) in [5.74, 6) is 0.0928. The number of hydrogen-bond acceptors (Lipinski definition) is 5. The third-order valence-electron chi connectivity index (χ3n) is 2.70. The summed E-state index contributed by atoms with van der Waals surface area (Å²) in [6.07, 6.45) is -3.05. The van der Waals surface area contributed by atoms with Crippen molar-refractivity contribution in [3.63, 3.8) is 0 Å². The number of nitrogens with one attached hydrogen (secondary N) is 2. The molecule has 0 bridgehead atoms. The highest BCUT2D eigenvalue weighted by Gasteiger charge is 2.33. The highest BCUT2D eigenvalue weighted by Crippen LogP contribution is 2.27. The maximum Gasteiger partial charge on any atom is 0.433 e. The van der Waals surface area contributed by atoms with Crippen molar-refractivity contribution in [1.29, 1.82) is 0 Å². The van der Waals surface area contributed by atoms with Gasteiger partial charge in [-0.2, -0.15) is 13.2 Å². The van der Waals surface area contributed by atoms with E-state index in [4.69, 9.17) is 0 Å². The van der Waals surface area contributed by atoms with Crippen LogP contribution >= 0.6 is 0 Å². The van der Waals surface area contributed by atoms with E-state index in [0.29, 0.717) is 6.54 Å². The van der Waals surface area contributed by atoms with Gasteiger partial charge in [-0.05, 0) is 19.9 Å². The van der Waals surface area contributed by atoms with Crippen LogP contribution in [0.5, 0.6) is 0 Å². The fourth-order valence-corrected chi connectivity index (χ4v) is 1.68. The van der Waals surface area contributed by atoms with Gasteiger partial charge in [-0.15, -0.1) is 5.10 Å². The summed E-state index contributed by atoms with van der Waals surface area (Å²) in [6, 6.07) is 0.193. The van der Waals surface area contributed by atoms with Crippen molar-refractivity contribution in [2.24, 2.45) is 0 Å². The van der Waals surface area contributed by atoms with E-state index < -0.39 is 17.9 Å². The summed E-state index contributed by atoms with van der Waals surface area (Å²) in [4.78, 5) is 18.9. The zero-order valence-electron chi connectivity index (χ0n) is 12.3. The van der Waals surface area contributed by atoms with E-state index in [1.54, 1.807) is 0 Å². The molecule has 2 amide bonds. The summed E-state index contributed by atoms with van der Waals surface area (Å²) in [5.41, 5.74) is -0.886. The molecule has 2 heterocycles. The van der Waals surface area contributed by atoms with Crippen LogP contribution in [0, 0.1) is 6.92 Å². The smallest absolute Gasteiger partial charge is 0.331 e. The number of carbonyl (C=O) groups excluding carboxylic acids is 1. The lowest BCUT2D eigenvalue weighted by Gasteiger charge is -2.09. The van der Waals surface area contributed by atoms with E-state index in [1.807, 2.05) is 6.92 Å². The average Bonchev–Trinajstić information content (AvgIpc) is 2.91.